The fourth-order valence-corrected chi connectivity index (χ4v) is 3.59. The summed E-state index contributed by atoms with van der Waals surface area (Å²) in [6.07, 6.45) is 0. The maximum atomic E-state index is 10.8. The number of nitro benzene ring substituents is 1. The van der Waals surface area contributed by atoms with Gasteiger partial charge in [-0.25, -0.2) is 0 Å². The molecule has 1 aromatic heterocycles. The molecule has 2 rings (SSSR count). The standard InChI is InChI=1S/C16H19BrN2O2/c1-10-14(12-6-8-13(9-7-12)19(20)21)15(17)11(2)18(10)16(3,4)5/h6-9H,1-5H3. The van der Waals surface area contributed by atoms with Crippen molar-refractivity contribution < 1.29 is 4.92 Å². The van der Waals surface area contributed by atoms with Gasteiger partial charge < -0.3 is 4.57 Å². The second-order valence-electron chi connectivity index (χ2n) is 6.17. The highest BCUT2D eigenvalue weighted by Gasteiger charge is 2.24. The summed E-state index contributed by atoms with van der Waals surface area (Å²) in [7, 11) is 0. The van der Waals surface area contributed by atoms with Crippen molar-refractivity contribution in [3.8, 4) is 11.1 Å². The molecule has 0 radical (unpaired) electrons. The number of nitro groups is 1. The molecule has 0 aliphatic carbocycles. The van der Waals surface area contributed by atoms with Crippen LogP contribution in [0.25, 0.3) is 11.1 Å². The minimum absolute atomic E-state index is 0.0181. The molecule has 2 aromatic rings. The fourth-order valence-electron chi connectivity index (χ4n) is 2.89. The highest BCUT2D eigenvalue weighted by atomic mass is 79.9. The van der Waals surface area contributed by atoms with Crippen molar-refractivity contribution in [2.75, 3.05) is 0 Å². The van der Waals surface area contributed by atoms with Crippen LogP contribution < -0.4 is 0 Å². The Morgan fingerprint density at radius 1 is 1.10 bits per heavy atom. The van der Waals surface area contributed by atoms with Crippen molar-refractivity contribution >= 4 is 21.6 Å². The van der Waals surface area contributed by atoms with E-state index in [1.165, 1.54) is 0 Å². The molecule has 1 heterocycles. The Labute approximate surface area is 133 Å². The van der Waals surface area contributed by atoms with E-state index in [0.29, 0.717) is 0 Å². The molecule has 0 saturated heterocycles. The van der Waals surface area contributed by atoms with Crippen molar-refractivity contribution in [2.45, 2.75) is 40.2 Å². The normalized spacial score (nSPS) is 11.7. The molecule has 0 amide bonds. The number of aromatic nitrogens is 1. The topological polar surface area (TPSA) is 48.1 Å². The molecule has 0 spiro atoms. The lowest BCUT2D eigenvalue weighted by Crippen LogP contribution is -2.24. The van der Waals surface area contributed by atoms with Crippen molar-refractivity contribution in [3.63, 3.8) is 0 Å². The van der Waals surface area contributed by atoms with Crippen molar-refractivity contribution in [3.05, 3.63) is 50.2 Å². The summed E-state index contributed by atoms with van der Waals surface area (Å²) in [5, 5.41) is 10.8. The van der Waals surface area contributed by atoms with Gasteiger partial charge in [0.25, 0.3) is 5.69 Å². The lowest BCUT2D eigenvalue weighted by Gasteiger charge is -2.26. The summed E-state index contributed by atoms with van der Waals surface area (Å²) in [5.74, 6) is 0. The van der Waals surface area contributed by atoms with Gasteiger partial charge in [-0.2, -0.15) is 0 Å². The van der Waals surface area contributed by atoms with E-state index in [9.17, 15) is 10.1 Å². The van der Waals surface area contributed by atoms with E-state index < -0.39 is 0 Å². The maximum absolute atomic E-state index is 10.8. The minimum atomic E-state index is -0.378. The zero-order chi connectivity index (χ0) is 15.9. The lowest BCUT2D eigenvalue weighted by atomic mass is 10.0. The van der Waals surface area contributed by atoms with E-state index in [1.54, 1.807) is 24.3 Å². The van der Waals surface area contributed by atoms with Crippen LogP contribution in [0, 0.1) is 24.0 Å². The molecule has 0 atom stereocenters. The van der Waals surface area contributed by atoms with Crippen LogP contribution in [-0.2, 0) is 5.54 Å². The Bertz CT molecular complexity index is 695. The number of halogens is 1. The van der Waals surface area contributed by atoms with Crippen LogP contribution in [0.5, 0.6) is 0 Å². The molecule has 112 valence electrons. The first-order valence-corrected chi connectivity index (χ1v) is 7.56. The summed E-state index contributed by atoms with van der Waals surface area (Å²) < 4.78 is 3.33. The average molecular weight is 351 g/mol. The molecule has 5 heteroatoms. The quantitative estimate of drug-likeness (QED) is 0.552. The lowest BCUT2D eigenvalue weighted by molar-refractivity contribution is -0.384. The van der Waals surface area contributed by atoms with Gasteiger partial charge in [0.1, 0.15) is 0 Å². The van der Waals surface area contributed by atoms with Crippen molar-refractivity contribution in [1.29, 1.82) is 0 Å². The first kappa shape index (κ1) is 15.8. The minimum Gasteiger partial charge on any atom is -0.342 e. The maximum Gasteiger partial charge on any atom is 0.269 e. The van der Waals surface area contributed by atoms with Crippen LogP contribution in [-0.4, -0.2) is 9.49 Å². The number of rotatable bonds is 2. The average Bonchev–Trinajstić information content (AvgIpc) is 2.60. The van der Waals surface area contributed by atoms with Gasteiger partial charge in [-0.3, -0.25) is 10.1 Å². The number of benzene rings is 1. The first-order chi connectivity index (χ1) is 9.64. The van der Waals surface area contributed by atoms with Gasteiger partial charge in [0.15, 0.2) is 0 Å². The predicted octanol–water partition coefficient (Wildman–Crippen LogP) is 5.20. The third kappa shape index (κ3) is 2.75. The largest absolute Gasteiger partial charge is 0.342 e. The van der Waals surface area contributed by atoms with Crippen molar-refractivity contribution in [2.24, 2.45) is 0 Å². The van der Waals surface area contributed by atoms with E-state index in [-0.39, 0.29) is 16.1 Å². The number of hydrogen-bond acceptors (Lipinski definition) is 2. The zero-order valence-corrected chi connectivity index (χ0v) is 14.5. The molecule has 0 bridgehead atoms. The first-order valence-electron chi connectivity index (χ1n) is 6.77. The Morgan fingerprint density at radius 3 is 2.00 bits per heavy atom. The molecule has 0 unspecified atom stereocenters. The van der Waals surface area contributed by atoms with Crippen LogP contribution in [0.2, 0.25) is 0 Å². The highest BCUT2D eigenvalue weighted by molar-refractivity contribution is 9.10. The van der Waals surface area contributed by atoms with Crippen LogP contribution in [0.3, 0.4) is 0 Å². The number of hydrogen-bond donors (Lipinski definition) is 0. The Hall–Kier alpha value is -1.62. The molecule has 0 fully saturated rings. The smallest absolute Gasteiger partial charge is 0.269 e. The van der Waals surface area contributed by atoms with Gasteiger partial charge in [0.2, 0.25) is 0 Å². The third-order valence-corrected chi connectivity index (χ3v) is 4.58. The molecule has 0 saturated carbocycles. The van der Waals surface area contributed by atoms with Crippen LogP contribution in [0.1, 0.15) is 32.2 Å². The summed E-state index contributed by atoms with van der Waals surface area (Å²) >= 11 is 3.67. The predicted molar refractivity (Wildman–Crippen MR) is 88.7 cm³/mol. The molecule has 0 aliphatic heterocycles. The van der Waals surface area contributed by atoms with Gasteiger partial charge in [-0.15, -0.1) is 0 Å². The molecule has 0 aliphatic rings. The van der Waals surface area contributed by atoms with Gasteiger partial charge in [-0.05, 0) is 68.2 Å². The molecule has 0 N–H and O–H groups in total. The van der Waals surface area contributed by atoms with E-state index in [1.807, 2.05) is 0 Å². The van der Waals surface area contributed by atoms with Gasteiger partial charge >= 0.3 is 0 Å². The van der Waals surface area contributed by atoms with Gasteiger partial charge in [-0.1, -0.05) is 0 Å². The summed E-state index contributed by atoms with van der Waals surface area (Å²) in [6.45, 7) is 10.7. The van der Waals surface area contributed by atoms with E-state index in [0.717, 1.165) is 27.0 Å². The highest BCUT2D eigenvalue weighted by Crippen LogP contribution is 2.39. The zero-order valence-electron chi connectivity index (χ0n) is 12.9. The Kier molecular flexibility index (Phi) is 3.97. The Morgan fingerprint density at radius 2 is 1.62 bits per heavy atom. The second-order valence-corrected chi connectivity index (χ2v) is 6.96. The van der Waals surface area contributed by atoms with Crippen LogP contribution in [0.15, 0.2) is 28.7 Å². The number of non-ortho nitro benzene ring substituents is 1. The molecule has 4 nitrogen and oxygen atoms in total. The molecular weight excluding hydrogens is 332 g/mol. The molecule has 1 aromatic carbocycles. The van der Waals surface area contributed by atoms with E-state index in [4.69, 9.17) is 0 Å². The number of nitrogens with zero attached hydrogens (tertiary/aromatic N) is 2. The van der Waals surface area contributed by atoms with Gasteiger partial charge in [0, 0.05) is 39.1 Å². The second kappa shape index (κ2) is 5.30. The SMILES string of the molecule is Cc1c(Br)c(-c2ccc([N+](=O)[O-])cc2)c(C)n1C(C)(C)C. The fraction of sp³-hybridized carbons (Fsp3) is 0.375. The monoisotopic (exact) mass is 350 g/mol. The molecular formula is C16H19BrN2O2. The van der Waals surface area contributed by atoms with E-state index in [2.05, 4.69) is 55.1 Å². The van der Waals surface area contributed by atoms with Crippen LogP contribution in [0.4, 0.5) is 5.69 Å². The van der Waals surface area contributed by atoms with Crippen molar-refractivity contribution in [1.82, 2.24) is 4.57 Å². The third-order valence-electron chi connectivity index (χ3n) is 3.61. The summed E-state index contributed by atoms with van der Waals surface area (Å²) in [5.41, 5.74) is 4.48. The van der Waals surface area contributed by atoms with Crippen LogP contribution >= 0.6 is 15.9 Å². The van der Waals surface area contributed by atoms with Gasteiger partial charge in [0.05, 0.1) is 4.92 Å². The Balaban J connectivity index is 2.62. The van der Waals surface area contributed by atoms with E-state index >= 15 is 0 Å². The molecule has 21 heavy (non-hydrogen) atoms. The summed E-state index contributed by atoms with van der Waals surface area (Å²) in [6, 6.07) is 6.70. The summed E-state index contributed by atoms with van der Waals surface area (Å²) in [4.78, 5) is 10.4.